The number of methoxy groups -OCH3 is 1. The number of carbonyl (C=O) groups is 1. The number of likely N-dealkylation sites (tertiary alicyclic amines) is 1. The highest BCUT2D eigenvalue weighted by molar-refractivity contribution is 5.72. The maximum absolute atomic E-state index is 11.5. The van der Waals surface area contributed by atoms with Crippen LogP contribution in [0.3, 0.4) is 0 Å². The SMILES string of the molecule is COC(=O)C1CCN(CCOc2ccc(-c3ccn[nH]3)cc2)CC1. The lowest BCUT2D eigenvalue weighted by atomic mass is 9.97. The first-order valence-electron chi connectivity index (χ1n) is 8.29. The van der Waals surface area contributed by atoms with E-state index in [4.69, 9.17) is 9.47 Å². The first-order chi connectivity index (χ1) is 11.8. The molecule has 1 aromatic heterocycles. The summed E-state index contributed by atoms with van der Waals surface area (Å²) in [6.07, 6.45) is 3.47. The molecule has 2 heterocycles. The number of H-pyrrole nitrogens is 1. The summed E-state index contributed by atoms with van der Waals surface area (Å²) < 4.78 is 10.6. The van der Waals surface area contributed by atoms with Crippen LogP contribution < -0.4 is 4.74 Å². The van der Waals surface area contributed by atoms with Crippen LogP contribution in [0.25, 0.3) is 11.3 Å². The standard InChI is InChI=1S/C18H23N3O3/c1-23-18(22)15-7-10-21(11-8-15)12-13-24-16-4-2-14(3-5-16)17-6-9-19-20-17/h2-6,9,15H,7-8,10-13H2,1H3,(H,19,20). The molecule has 24 heavy (non-hydrogen) atoms. The molecule has 0 radical (unpaired) electrons. The van der Waals surface area contributed by atoms with Crippen molar-refractivity contribution < 1.29 is 14.3 Å². The van der Waals surface area contributed by atoms with E-state index in [9.17, 15) is 4.79 Å². The number of piperidine rings is 1. The Morgan fingerprint density at radius 1 is 1.25 bits per heavy atom. The second-order valence-corrected chi connectivity index (χ2v) is 5.98. The molecule has 128 valence electrons. The zero-order valence-electron chi connectivity index (χ0n) is 13.9. The van der Waals surface area contributed by atoms with Gasteiger partial charge in [0, 0.05) is 12.7 Å². The van der Waals surface area contributed by atoms with E-state index in [1.807, 2.05) is 30.3 Å². The summed E-state index contributed by atoms with van der Waals surface area (Å²) in [5.41, 5.74) is 2.08. The highest BCUT2D eigenvalue weighted by atomic mass is 16.5. The molecule has 1 saturated heterocycles. The van der Waals surface area contributed by atoms with Crippen molar-refractivity contribution in [1.82, 2.24) is 15.1 Å². The van der Waals surface area contributed by atoms with Crippen molar-refractivity contribution in [1.29, 1.82) is 0 Å². The predicted molar refractivity (Wildman–Crippen MR) is 90.7 cm³/mol. The van der Waals surface area contributed by atoms with Crippen molar-refractivity contribution in [3.8, 4) is 17.0 Å². The zero-order valence-corrected chi connectivity index (χ0v) is 13.9. The number of nitrogens with one attached hydrogen (secondary N) is 1. The van der Waals surface area contributed by atoms with Crippen LogP contribution in [0.2, 0.25) is 0 Å². The largest absolute Gasteiger partial charge is 0.492 e. The monoisotopic (exact) mass is 329 g/mol. The molecule has 6 heteroatoms. The summed E-state index contributed by atoms with van der Waals surface area (Å²) in [5, 5.41) is 6.90. The molecule has 0 saturated carbocycles. The van der Waals surface area contributed by atoms with Crippen molar-refractivity contribution in [2.75, 3.05) is 33.4 Å². The van der Waals surface area contributed by atoms with Gasteiger partial charge in [-0.25, -0.2) is 0 Å². The average molecular weight is 329 g/mol. The lowest BCUT2D eigenvalue weighted by Crippen LogP contribution is -2.38. The van der Waals surface area contributed by atoms with Gasteiger partial charge in [0.25, 0.3) is 0 Å². The number of hydrogen-bond acceptors (Lipinski definition) is 5. The van der Waals surface area contributed by atoms with E-state index in [-0.39, 0.29) is 11.9 Å². The summed E-state index contributed by atoms with van der Waals surface area (Å²) in [5.74, 6) is 0.841. The molecule has 3 rings (SSSR count). The van der Waals surface area contributed by atoms with E-state index in [0.717, 1.165) is 49.5 Å². The van der Waals surface area contributed by atoms with Crippen LogP contribution in [0.4, 0.5) is 0 Å². The topological polar surface area (TPSA) is 67.4 Å². The Bertz CT molecular complexity index is 632. The lowest BCUT2D eigenvalue weighted by molar-refractivity contribution is -0.147. The number of aromatic amines is 1. The minimum Gasteiger partial charge on any atom is -0.492 e. The number of aromatic nitrogens is 2. The fraction of sp³-hybridized carbons (Fsp3) is 0.444. The normalized spacial score (nSPS) is 16.0. The Balaban J connectivity index is 1.40. The van der Waals surface area contributed by atoms with Gasteiger partial charge in [-0.15, -0.1) is 0 Å². The maximum Gasteiger partial charge on any atom is 0.308 e. The molecular formula is C18H23N3O3. The van der Waals surface area contributed by atoms with E-state index in [1.165, 1.54) is 7.11 Å². The number of ether oxygens (including phenoxy) is 2. The molecule has 1 aliphatic rings. The molecule has 1 aliphatic heterocycles. The number of carbonyl (C=O) groups excluding carboxylic acids is 1. The number of esters is 1. The molecule has 0 spiro atoms. The second kappa shape index (κ2) is 7.97. The number of nitrogens with zero attached hydrogens (tertiary/aromatic N) is 2. The van der Waals surface area contributed by atoms with Crippen LogP contribution in [0.5, 0.6) is 5.75 Å². The fourth-order valence-electron chi connectivity index (χ4n) is 3.00. The smallest absolute Gasteiger partial charge is 0.308 e. The van der Waals surface area contributed by atoms with Crippen molar-refractivity contribution in [3.05, 3.63) is 36.5 Å². The fourth-order valence-corrected chi connectivity index (χ4v) is 3.00. The second-order valence-electron chi connectivity index (χ2n) is 5.98. The Morgan fingerprint density at radius 3 is 2.62 bits per heavy atom. The quantitative estimate of drug-likeness (QED) is 0.824. The Kier molecular flexibility index (Phi) is 5.48. The predicted octanol–water partition coefficient (Wildman–Crippen LogP) is 2.34. The minimum absolute atomic E-state index is 0.0576. The molecule has 6 nitrogen and oxygen atoms in total. The van der Waals surface area contributed by atoms with Crippen molar-refractivity contribution in [2.24, 2.45) is 5.92 Å². The molecule has 0 aliphatic carbocycles. The first-order valence-corrected chi connectivity index (χ1v) is 8.29. The molecule has 0 unspecified atom stereocenters. The third kappa shape index (κ3) is 4.14. The van der Waals surface area contributed by atoms with E-state index < -0.39 is 0 Å². The third-order valence-electron chi connectivity index (χ3n) is 4.46. The average Bonchev–Trinajstić information content (AvgIpc) is 3.17. The van der Waals surface area contributed by atoms with Crippen LogP contribution >= 0.6 is 0 Å². The summed E-state index contributed by atoms with van der Waals surface area (Å²) in [6.45, 7) is 3.35. The van der Waals surface area contributed by atoms with Gasteiger partial charge in [0.2, 0.25) is 0 Å². The van der Waals surface area contributed by atoms with Gasteiger partial charge < -0.3 is 9.47 Å². The Hall–Kier alpha value is -2.34. The summed E-state index contributed by atoms with van der Waals surface area (Å²) in [4.78, 5) is 13.8. The van der Waals surface area contributed by atoms with Crippen molar-refractivity contribution >= 4 is 5.97 Å². The summed E-state index contributed by atoms with van der Waals surface area (Å²) >= 11 is 0. The summed E-state index contributed by atoms with van der Waals surface area (Å²) in [6, 6.07) is 9.92. The van der Waals surface area contributed by atoms with Crippen LogP contribution in [0.1, 0.15) is 12.8 Å². The van der Waals surface area contributed by atoms with E-state index in [1.54, 1.807) is 6.20 Å². The van der Waals surface area contributed by atoms with Gasteiger partial charge in [0.1, 0.15) is 12.4 Å². The lowest BCUT2D eigenvalue weighted by Gasteiger charge is -2.30. The molecule has 0 bridgehead atoms. The van der Waals surface area contributed by atoms with Gasteiger partial charge in [-0.2, -0.15) is 5.10 Å². The Morgan fingerprint density at radius 2 is 2.00 bits per heavy atom. The van der Waals surface area contributed by atoms with Crippen molar-refractivity contribution in [2.45, 2.75) is 12.8 Å². The van der Waals surface area contributed by atoms with Crippen molar-refractivity contribution in [3.63, 3.8) is 0 Å². The molecule has 1 N–H and O–H groups in total. The molecule has 1 fully saturated rings. The van der Waals surface area contributed by atoms with Gasteiger partial charge in [0.15, 0.2) is 0 Å². The first kappa shape index (κ1) is 16.5. The van der Waals surface area contributed by atoms with E-state index in [2.05, 4.69) is 15.1 Å². The van der Waals surface area contributed by atoms with Crippen LogP contribution in [0, 0.1) is 5.92 Å². The van der Waals surface area contributed by atoms with E-state index >= 15 is 0 Å². The molecule has 1 aromatic carbocycles. The minimum atomic E-state index is -0.0803. The molecule has 0 atom stereocenters. The van der Waals surface area contributed by atoms with E-state index in [0.29, 0.717) is 6.61 Å². The third-order valence-corrected chi connectivity index (χ3v) is 4.46. The van der Waals surface area contributed by atoms with Gasteiger partial charge in [-0.1, -0.05) is 0 Å². The van der Waals surface area contributed by atoms with Crippen LogP contribution in [-0.2, 0) is 9.53 Å². The number of hydrogen-bond donors (Lipinski definition) is 1. The number of benzene rings is 1. The number of rotatable bonds is 6. The maximum atomic E-state index is 11.5. The molecule has 0 amide bonds. The zero-order chi connectivity index (χ0) is 16.8. The molecular weight excluding hydrogens is 306 g/mol. The molecule has 2 aromatic rings. The Labute approximate surface area is 141 Å². The van der Waals surface area contributed by atoms with Crippen LogP contribution in [-0.4, -0.2) is 54.4 Å². The van der Waals surface area contributed by atoms with Gasteiger partial charge in [-0.3, -0.25) is 14.8 Å². The highest BCUT2D eigenvalue weighted by Gasteiger charge is 2.25. The van der Waals surface area contributed by atoms with Gasteiger partial charge in [-0.05, 0) is 61.8 Å². The van der Waals surface area contributed by atoms with Gasteiger partial charge in [0.05, 0.1) is 18.7 Å². The highest BCUT2D eigenvalue weighted by Crippen LogP contribution is 2.21. The summed E-state index contributed by atoms with van der Waals surface area (Å²) in [7, 11) is 1.46. The van der Waals surface area contributed by atoms with Crippen LogP contribution in [0.15, 0.2) is 36.5 Å². The van der Waals surface area contributed by atoms with Gasteiger partial charge >= 0.3 is 5.97 Å².